The van der Waals surface area contributed by atoms with Gasteiger partial charge >= 0.3 is 141 Å². The Balaban J connectivity index is 0.00000101. The molecule has 3 nitrogen and oxygen atoms in total. The predicted molar refractivity (Wildman–Crippen MR) is 133 cm³/mol. The van der Waals surface area contributed by atoms with Crippen molar-refractivity contribution in [1.29, 1.82) is 0 Å². The van der Waals surface area contributed by atoms with Gasteiger partial charge in [-0.15, -0.1) is 0 Å². The molecule has 45 heavy (non-hydrogen) atoms. The molecule has 22 heteroatoms. The molecule has 0 bridgehead atoms. The van der Waals surface area contributed by atoms with E-state index in [0.717, 1.165) is 6.42 Å². The minimum atomic E-state index is -8.89. The molecule has 0 aromatic carbocycles. The molecule has 1 aliphatic carbocycles. The topological polar surface area (TPSA) is 54.4 Å². The third-order valence-electron chi connectivity index (χ3n) is 7.00. The average Bonchev–Trinajstić information content (AvgIpc) is 3.20. The zero-order chi connectivity index (χ0) is 38.2. The number of halogens is 17. The van der Waals surface area contributed by atoms with Crippen molar-refractivity contribution in [3.05, 3.63) is 21.5 Å². The monoisotopic (exact) mass is 805 g/mol. The summed E-state index contributed by atoms with van der Waals surface area (Å²) in [6.45, 7) is 0. The van der Waals surface area contributed by atoms with E-state index in [1.165, 1.54) is 0 Å². The minimum absolute atomic E-state index is 1.06. The first kappa shape index (κ1) is 44.1. The number of alkyl halides is 17. The molecule has 0 atom stereocenters. The van der Waals surface area contributed by atoms with Crippen molar-refractivity contribution in [2.75, 3.05) is 0 Å². The van der Waals surface area contributed by atoms with Crippen molar-refractivity contribution in [2.45, 2.75) is 99.7 Å². The molecule has 0 amide bonds. The third-order valence-corrected chi connectivity index (χ3v) is 24.6. The summed E-state index contributed by atoms with van der Waals surface area (Å²) in [5.41, 5.74) is 0. The quantitative estimate of drug-likeness (QED) is 0.196. The Hall–Kier alpha value is -0.917. The molecule has 275 valence electrons. The molecule has 0 aromatic heterocycles. The van der Waals surface area contributed by atoms with E-state index in [4.69, 9.17) is 4.55 Å². The van der Waals surface area contributed by atoms with Crippen LogP contribution < -0.4 is 0 Å². The van der Waals surface area contributed by atoms with Crippen molar-refractivity contribution < 1.29 is 97.5 Å². The summed E-state index contributed by atoms with van der Waals surface area (Å²) in [7, 11) is -13.3. The van der Waals surface area contributed by atoms with Gasteiger partial charge in [0.15, 0.2) is 0 Å². The van der Waals surface area contributed by atoms with E-state index in [9.17, 15) is 83.1 Å². The van der Waals surface area contributed by atoms with Crippen molar-refractivity contribution in [3.8, 4) is 0 Å². The Labute approximate surface area is 228 Å². The number of rotatable bonds is 8. The van der Waals surface area contributed by atoms with E-state index < -0.39 is 67.0 Å². The van der Waals surface area contributed by atoms with Crippen LogP contribution in [-0.4, -0.2) is 59.9 Å². The Morgan fingerprint density at radius 2 is 0.800 bits per heavy atom. The predicted octanol–water partition coefficient (Wildman–Crippen LogP) is 12.1. The number of hydrogen-bond donors (Lipinski definition) is 1. The summed E-state index contributed by atoms with van der Waals surface area (Å²) in [5.74, 6) is -52.0. The fraction of sp³-hybridized carbons (Fsp3) is 0.826. The Bertz CT molecular complexity index is 1570. The average molecular weight is 807 g/mol. The number of hydrogen-bond acceptors (Lipinski definition) is 2. The Morgan fingerprint density at radius 1 is 0.533 bits per heavy atom. The zero-order valence-corrected chi connectivity index (χ0v) is 28.8. The molecule has 0 fully saturated rings. The van der Waals surface area contributed by atoms with Crippen LogP contribution in [0.3, 0.4) is 0 Å². The van der Waals surface area contributed by atoms with Gasteiger partial charge < -0.3 is 0 Å². The van der Waals surface area contributed by atoms with Crippen molar-refractivity contribution in [2.24, 2.45) is 0 Å². The van der Waals surface area contributed by atoms with Crippen LogP contribution in [0, 0.1) is 0 Å². The standard InChI is InChI=1S/C8HF17O3S.C5H5.10CH3.Zr/c9-1(10,3(13,14)5(17,18)7(21,22)23)2(11,12)4(15,16)6(19,20)8(24,25)29(26,27)28;1-2-4-5-3-1;;;;;;;;;;;/h(H,26,27,28);1-3H,4H2;10*1H3;. The van der Waals surface area contributed by atoms with Gasteiger partial charge in [0.05, 0.1) is 0 Å². The second-order valence-electron chi connectivity index (χ2n) is 31.3. The van der Waals surface area contributed by atoms with Crippen molar-refractivity contribution in [1.82, 2.24) is 0 Å². The van der Waals surface area contributed by atoms with Crippen LogP contribution in [0.5, 0.6) is 0 Å². The third kappa shape index (κ3) is 7.56. The van der Waals surface area contributed by atoms with Crippen molar-refractivity contribution in [3.63, 3.8) is 0 Å². The van der Waals surface area contributed by atoms with Crippen LogP contribution in [-0.2, 0) is 20.0 Å². The molecular formula is C23H36F17O3SZr. The Morgan fingerprint density at radius 3 is 0.978 bits per heavy atom. The van der Waals surface area contributed by atoms with Gasteiger partial charge in [0.2, 0.25) is 0 Å². The van der Waals surface area contributed by atoms with Gasteiger partial charge in [-0.05, 0) is 0 Å². The second kappa shape index (κ2) is 5.76. The fourth-order valence-electron chi connectivity index (χ4n) is 3.61. The van der Waals surface area contributed by atoms with E-state index in [1.807, 2.05) is 0 Å². The van der Waals surface area contributed by atoms with Crippen molar-refractivity contribution >= 4 is 10.1 Å². The molecular weight excluding hydrogens is 771 g/mol. The first-order valence-electron chi connectivity index (χ1n) is 12.6. The van der Waals surface area contributed by atoms with Crippen LogP contribution in [0.25, 0.3) is 0 Å². The number of allylic oxidation sites excluding steroid dienone is 4. The SMILES string of the molecule is O=S(=O)(O)C(F)(F)C(F)(F)C(F)(F)C(F)(F)C(F)(F)C(F)(F)C(F)(F)C(F)(F)F.[CH3][Zr]([CH3])([CH3])([CH3])([CH3])([CH3])([CH3])([CH3])([CH3])([CH3])[C]1=CC=CC1. The molecule has 0 aliphatic heterocycles. The molecule has 0 unspecified atom stereocenters. The summed E-state index contributed by atoms with van der Waals surface area (Å²) < 4.78 is 269. The van der Waals surface area contributed by atoms with Gasteiger partial charge in [0.25, 0.3) is 0 Å². The van der Waals surface area contributed by atoms with Gasteiger partial charge in [-0.2, -0.15) is 83.1 Å². The van der Waals surface area contributed by atoms with E-state index in [0.29, 0.717) is 0 Å². The van der Waals surface area contributed by atoms with Crippen LogP contribution >= 0.6 is 0 Å². The van der Waals surface area contributed by atoms with Gasteiger partial charge in [-0.3, -0.25) is 4.55 Å². The molecule has 1 rings (SSSR count). The zero-order valence-electron chi connectivity index (χ0n) is 25.5. The maximum absolute atomic E-state index is 13.0. The van der Waals surface area contributed by atoms with E-state index in [2.05, 4.69) is 64.5 Å². The molecule has 0 heterocycles. The molecule has 1 N–H and O–H groups in total. The fourth-order valence-corrected chi connectivity index (χ4v) is 13.7. The van der Waals surface area contributed by atoms with Gasteiger partial charge in [0.1, 0.15) is 0 Å². The van der Waals surface area contributed by atoms with Gasteiger partial charge in [-0.1, -0.05) is 0 Å². The first-order valence-corrected chi connectivity index (χ1v) is 39.9. The van der Waals surface area contributed by atoms with Gasteiger partial charge in [0, 0.05) is 0 Å². The molecule has 0 radical (unpaired) electrons. The second-order valence-corrected chi connectivity index (χ2v) is 157. The van der Waals surface area contributed by atoms with E-state index in [1.54, 1.807) is 3.28 Å². The summed E-state index contributed by atoms with van der Waals surface area (Å²) in [5, 5.41) is -7.84. The first-order chi connectivity index (χ1) is 17.5. The summed E-state index contributed by atoms with van der Waals surface area (Å²) in [4.78, 5) is 0. The molecule has 0 saturated carbocycles. The van der Waals surface area contributed by atoms with Crippen LogP contribution in [0.15, 0.2) is 21.5 Å². The summed E-state index contributed by atoms with van der Waals surface area (Å²) in [6, 6.07) is 0. The van der Waals surface area contributed by atoms with Crippen LogP contribution in [0.1, 0.15) is 6.42 Å². The van der Waals surface area contributed by atoms with Crippen LogP contribution in [0.2, 0.25) is 46.3 Å². The van der Waals surface area contributed by atoms with E-state index >= 15 is 0 Å². The normalized spacial score (nSPS) is 24.7. The molecule has 1 aliphatic rings. The van der Waals surface area contributed by atoms with Gasteiger partial charge in [-0.25, -0.2) is 0 Å². The van der Waals surface area contributed by atoms with Crippen LogP contribution in [0.4, 0.5) is 74.6 Å². The summed E-state index contributed by atoms with van der Waals surface area (Å²) in [6.07, 6.45) is 0.00761. The Kier molecular flexibility index (Phi) is 5.64. The molecule has 0 aromatic rings. The van der Waals surface area contributed by atoms with E-state index in [-0.39, 0.29) is 0 Å². The molecule has 0 saturated heterocycles. The molecule has 0 spiro atoms. The summed E-state index contributed by atoms with van der Waals surface area (Å²) >= 11 is 0. The maximum atomic E-state index is 13.0.